The number of pyridine rings is 1. The smallest absolute Gasteiger partial charge is 0.358 e. The second kappa shape index (κ2) is 5.33. The molecule has 20 heavy (non-hydrogen) atoms. The van der Waals surface area contributed by atoms with E-state index in [0.29, 0.717) is 5.75 Å². The first-order valence-corrected chi connectivity index (χ1v) is 6.35. The largest absolute Gasteiger partial charge is 0.476 e. The van der Waals surface area contributed by atoms with Gasteiger partial charge in [0.15, 0.2) is 11.4 Å². The third-order valence-corrected chi connectivity index (χ3v) is 2.89. The van der Waals surface area contributed by atoms with Crippen LogP contribution in [0.3, 0.4) is 0 Å². The Hall–Kier alpha value is -2.36. The maximum Gasteiger partial charge on any atom is 0.358 e. The van der Waals surface area contributed by atoms with Crippen molar-refractivity contribution in [3.8, 4) is 11.5 Å². The van der Waals surface area contributed by atoms with Crippen LogP contribution in [0.2, 0.25) is 0 Å². The third kappa shape index (κ3) is 2.96. The number of ether oxygens (including phenoxy) is 1. The fourth-order valence-corrected chi connectivity index (χ4v) is 1.93. The van der Waals surface area contributed by atoms with E-state index in [-0.39, 0.29) is 16.9 Å². The van der Waals surface area contributed by atoms with Crippen LogP contribution in [0, 0.1) is 0 Å². The van der Waals surface area contributed by atoms with Crippen LogP contribution in [0.4, 0.5) is 0 Å². The van der Waals surface area contributed by atoms with Crippen LogP contribution >= 0.6 is 0 Å². The number of aromatic nitrogens is 1. The average molecular weight is 271 g/mol. The summed E-state index contributed by atoms with van der Waals surface area (Å²) in [7, 11) is 0. The molecule has 0 fully saturated rings. The molecule has 4 nitrogen and oxygen atoms in total. The summed E-state index contributed by atoms with van der Waals surface area (Å²) in [6.45, 7) is 6.24. The molecule has 2 aromatic rings. The highest BCUT2D eigenvalue weighted by Gasteiger charge is 2.20. The van der Waals surface area contributed by atoms with Gasteiger partial charge in [0, 0.05) is 11.8 Å². The zero-order valence-electron chi connectivity index (χ0n) is 11.8. The molecule has 0 atom stereocenters. The summed E-state index contributed by atoms with van der Waals surface area (Å²) in [4.78, 5) is 15.0. The van der Waals surface area contributed by atoms with Gasteiger partial charge in [-0.2, -0.15) is 0 Å². The van der Waals surface area contributed by atoms with Crippen molar-refractivity contribution in [1.82, 2.24) is 4.98 Å². The molecule has 104 valence electrons. The Bertz CT molecular complexity index is 630. The number of carboxylic acids is 1. The molecule has 1 N–H and O–H groups in total. The molecule has 1 aromatic carbocycles. The minimum atomic E-state index is -1.10. The van der Waals surface area contributed by atoms with Gasteiger partial charge >= 0.3 is 5.97 Å². The lowest BCUT2D eigenvalue weighted by Crippen LogP contribution is -2.13. The minimum Gasteiger partial charge on any atom is -0.476 e. The van der Waals surface area contributed by atoms with Gasteiger partial charge in [-0.25, -0.2) is 9.78 Å². The molecule has 0 saturated heterocycles. The number of rotatable bonds is 3. The molecule has 1 heterocycles. The number of hydrogen-bond donors (Lipinski definition) is 1. The minimum absolute atomic E-state index is 0.0868. The van der Waals surface area contributed by atoms with Crippen molar-refractivity contribution < 1.29 is 14.6 Å². The maximum atomic E-state index is 11.2. The van der Waals surface area contributed by atoms with E-state index in [4.69, 9.17) is 9.84 Å². The van der Waals surface area contributed by atoms with E-state index in [9.17, 15) is 4.79 Å². The summed E-state index contributed by atoms with van der Waals surface area (Å²) in [5, 5.41) is 9.13. The molecule has 2 rings (SSSR count). The van der Waals surface area contributed by atoms with Gasteiger partial charge < -0.3 is 9.84 Å². The van der Waals surface area contributed by atoms with E-state index in [0.717, 1.165) is 5.56 Å². The molecule has 0 aliphatic rings. The van der Waals surface area contributed by atoms with Crippen molar-refractivity contribution in [3.05, 3.63) is 53.9 Å². The molecular weight excluding hydrogens is 254 g/mol. The van der Waals surface area contributed by atoms with E-state index in [1.165, 1.54) is 6.20 Å². The lowest BCUT2D eigenvalue weighted by atomic mass is 9.86. The highest BCUT2D eigenvalue weighted by Crippen LogP contribution is 2.34. The first-order valence-electron chi connectivity index (χ1n) is 6.35. The predicted molar refractivity (Wildman–Crippen MR) is 76.4 cm³/mol. The Balaban J connectivity index is 2.44. The van der Waals surface area contributed by atoms with Gasteiger partial charge in [-0.05, 0) is 23.6 Å². The van der Waals surface area contributed by atoms with Gasteiger partial charge in [0.25, 0.3) is 0 Å². The molecule has 0 radical (unpaired) electrons. The molecule has 1 aromatic heterocycles. The van der Waals surface area contributed by atoms with Gasteiger partial charge in [-0.15, -0.1) is 0 Å². The van der Waals surface area contributed by atoms with Crippen molar-refractivity contribution in [2.75, 3.05) is 0 Å². The Morgan fingerprint density at radius 2 is 1.75 bits per heavy atom. The first-order chi connectivity index (χ1) is 9.39. The highest BCUT2D eigenvalue weighted by molar-refractivity contribution is 5.88. The van der Waals surface area contributed by atoms with Gasteiger partial charge in [0.05, 0.1) is 0 Å². The molecule has 0 amide bonds. The molecule has 0 bridgehead atoms. The van der Waals surface area contributed by atoms with Crippen LogP contribution in [0.25, 0.3) is 0 Å². The van der Waals surface area contributed by atoms with Crippen molar-refractivity contribution in [2.45, 2.75) is 26.2 Å². The summed E-state index contributed by atoms with van der Waals surface area (Å²) < 4.78 is 5.79. The quantitative estimate of drug-likeness (QED) is 0.920. The Morgan fingerprint density at radius 1 is 1.10 bits per heavy atom. The van der Waals surface area contributed by atoms with Gasteiger partial charge in [0.1, 0.15) is 5.75 Å². The molecule has 0 aliphatic carbocycles. The summed E-state index contributed by atoms with van der Waals surface area (Å²) in [5.41, 5.74) is 0.832. The molecular formula is C16H17NO3. The van der Waals surface area contributed by atoms with Gasteiger partial charge in [-0.3, -0.25) is 0 Å². The molecule has 4 heteroatoms. The summed E-state index contributed by atoms with van der Waals surface area (Å²) in [5.74, 6) is -0.207. The van der Waals surface area contributed by atoms with Crippen molar-refractivity contribution in [3.63, 3.8) is 0 Å². The topological polar surface area (TPSA) is 59.4 Å². The van der Waals surface area contributed by atoms with Crippen LogP contribution in [-0.2, 0) is 5.41 Å². The zero-order valence-corrected chi connectivity index (χ0v) is 11.8. The lowest BCUT2D eigenvalue weighted by Gasteiger charge is -2.22. The second-order valence-electron chi connectivity index (χ2n) is 5.50. The number of carbonyl (C=O) groups is 1. The first kappa shape index (κ1) is 14.1. The van der Waals surface area contributed by atoms with E-state index in [1.54, 1.807) is 12.1 Å². The lowest BCUT2D eigenvalue weighted by molar-refractivity contribution is 0.0687. The predicted octanol–water partition coefficient (Wildman–Crippen LogP) is 3.87. The molecule has 0 saturated carbocycles. The second-order valence-corrected chi connectivity index (χ2v) is 5.50. The van der Waals surface area contributed by atoms with Crippen LogP contribution in [0.5, 0.6) is 11.5 Å². The van der Waals surface area contributed by atoms with E-state index in [2.05, 4.69) is 25.8 Å². The van der Waals surface area contributed by atoms with Gasteiger partial charge in [0.2, 0.25) is 0 Å². The standard InChI is InChI=1S/C16H17NO3/c1-16(2,3)11-7-4-5-8-12(11)20-13-9-6-10-17-14(13)15(18)19/h4-10H,1-3H3,(H,18,19). The van der Waals surface area contributed by atoms with Crippen LogP contribution < -0.4 is 4.74 Å². The zero-order chi connectivity index (χ0) is 14.8. The Kier molecular flexibility index (Phi) is 3.74. The monoisotopic (exact) mass is 271 g/mol. The number of carboxylic acid groups (broad SMARTS) is 1. The molecule has 0 spiro atoms. The third-order valence-electron chi connectivity index (χ3n) is 2.89. The number of para-hydroxylation sites is 1. The van der Waals surface area contributed by atoms with E-state index < -0.39 is 5.97 Å². The Labute approximate surface area is 118 Å². The average Bonchev–Trinajstić information content (AvgIpc) is 2.38. The van der Waals surface area contributed by atoms with E-state index in [1.807, 2.05) is 24.3 Å². The van der Waals surface area contributed by atoms with E-state index >= 15 is 0 Å². The summed E-state index contributed by atoms with van der Waals surface area (Å²) in [6.07, 6.45) is 1.44. The number of benzene rings is 1. The summed E-state index contributed by atoms with van der Waals surface area (Å²) >= 11 is 0. The fourth-order valence-electron chi connectivity index (χ4n) is 1.93. The van der Waals surface area contributed by atoms with Crippen LogP contribution in [-0.4, -0.2) is 16.1 Å². The fraction of sp³-hybridized carbons (Fsp3) is 0.250. The summed E-state index contributed by atoms with van der Waals surface area (Å²) in [6, 6.07) is 10.9. The SMILES string of the molecule is CC(C)(C)c1ccccc1Oc1cccnc1C(=O)O. The Morgan fingerprint density at radius 3 is 2.40 bits per heavy atom. The maximum absolute atomic E-state index is 11.2. The van der Waals surface area contributed by atoms with Crippen molar-refractivity contribution >= 4 is 5.97 Å². The van der Waals surface area contributed by atoms with Gasteiger partial charge in [-0.1, -0.05) is 39.0 Å². The normalized spacial score (nSPS) is 11.2. The molecule has 0 aliphatic heterocycles. The van der Waals surface area contributed by atoms with Crippen LogP contribution in [0.15, 0.2) is 42.6 Å². The van der Waals surface area contributed by atoms with Crippen molar-refractivity contribution in [1.29, 1.82) is 0 Å². The van der Waals surface area contributed by atoms with Crippen molar-refractivity contribution in [2.24, 2.45) is 0 Å². The van der Waals surface area contributed by atoms with Crippen LogP contribution in [0.1, 0.15) is 36.8 Å². The molecule has 0 unspecified atom stereocenters. The number of nitrogens with zero attached hydrogens (tertiary/aromatic N) is 1. The number of aromatic carboxylic acids is 1. The number of hydrogen-bond acceptors (Lipinski definition) is 3. The highest BCUT2D eigenvalue weighted by atomic mass is 16.5.